The third-order valence-corrected chi connectivity index (χ3v) is 5.04. The van der Waals surface area contributed by atoms with Crippen LogP contribution >= 0.6 is 22.7 Å². The largest absolute Gasteiger partial charge is 0.356 e. The summed E-state index contributed by atoms with van der Waals surface area (Å²) in [5.74, 6) is 0.797. The Bertz CT molecular complexity index is 858. The van der Waals surface area contributed by atoms with Crippen molar-refractivity contribution in [2.75, 3.05) is 18.4 Å². The summed E-state index contributed by atoms with van der Waals surface area (Å²) in [6.45, 7) is 14.0. The fourth-order valence-electron chi connectivity index (χ4n) is 2.32. The first-order valence-electron chi connectivity index (χ1n) is 9.54. The average Bonchev–Trinajstić information content (AvgIpc) is 3.32. The molecule has 5 nitrogen and oxygen atoms in total. The number of aromatic nitrogens is 2. The standard InChI is InChI=1S/C18H21N5S2.C3H8/c1-4-6-13(9-12(2)3)16-21-14(10-24-16)15-11-25-18(22-15)23-17-19-7-5-8-20-17;1-3-2/h4,6,9-11H,2,5,7-8H2,1,3H3,(H2,19,20,22,23);3H2,1-2H3/b6-4-,13-9+;. The van der Waals surface area contributed by atoms with Crippen molar-refractivity contribution in [1.29, 1.82) is 0 Å². The van der Waals surface area contributed by atoms with Gasteiger partial charge < -0.3 is 10.6 Å². The lowest BCUT2D eigenvalue weighted by atomic mass is 10.2. The molecular formula is C21H29N5S2. The molecule has 3 rings (SSSR count). The van der Waals surface area contributed by atoms with Crippen LogP contribution in [0.4, 0.5) is 5.13 Å². The molecule has 7 heteroatoms. The fraction of sp³-hybridized carbons (Fsp3) is 0.381. The van der Waals surface area contributed by atoms with Crippen molar-refractivity contribution in [3.05, 3.63) is 46.1 Å². The molecule has 0 unspecified atom stereocenters. The second-order valence-corrected chi connectivity index (χ2v) is 8.08. The van der Waals surface area contributed by atoms with E-state index in [1.54, 1.807) is 22.7 Å². The monoisotopic (exact) mass is 415 g/mol. The predicted octanol–water partition coefficient (Wildman–Crippen LogP) is 5.98. The molecule has 0 atom stereocenters. The van der Waals surface area contributed by atoms with Crippen LogP contribution in [0.1, 0.15) is 45.5 Å². The zero-order valence-electron chi connectivity index (χ0n) is 17.1. The van der Waals surface area contributed by atoms with Gasteiger partial charge in [-0.15, -0.1) is 22.7 Å². The Kier molecular flexibility index (Phi) is 9.10. The van der Waals surface area contributed by atoms with Crippen molar-refractivity contribution >= 4 is 39.3 Å². The molecule has 0 radical (unpaired) electrons. The van der Waals surface area contributed by atoms with Gasteiger partial charge >= 0.3 is 0 Å². The minimum Gasteiger partial charge on any atom is -0.356 e. The van der Waals surface area contributed by atoms with Crippen LogP contribution in [0.5, 0.6) is 0 Å². The molecule has 0 amide bonds. The van der Waals surface area contributed by atoms with Crippen LogP contribution in [0.15, 0.2) is 46.1 Å². The van der Waals surface area contributed by atoms with Crippen LogP contribution in [0, 0.1) is 0 Å². The molecule has 0 saturated heterocycles. The summed E-state index contributed by atoms with van der Waals surface area (Å²) in [5.41, 5.74) is 3.84. The van der Waals surface area contributed by atoms with Gasteiger partial charge in [0.1, 0.15) is 16.4 Å². The van der Waals surface area contributed by atoms with Gasteiger partial charge in [0.05, 0.1) is 0 Å². The predicted molar refractivity (Wildman–Crippen MR) is 125 cm³/mol. The van der Waals surface area contributed by atoms with Crippen LogP contribution in [-0.4, -0.2) is 29.0 Å². The molecule has 150 valence electrons. The Morgan fingerprint density at radius 3 is 2.61 bits per heavy atom. The summed E-state index contributed by atoms with van der Waals surface area (Å²) < 4.78 is 0. The molecule has 0 aromatic carbocycles. The van der Waals surface area contributed by atoms with Gasteiger partial charge in [0.25, 0.3) is 0 Å². The van der Waals surface area contributed by atoms with E-state index in [-0.39, 0.29) is 0 Å². The number of rotatable bonds is 5. The van der Waals surface area contributed by atoms with Crippen LogP contribution in [0.25, 0.3) is 17.0 Å². The zero-order valence-corrected chi connectivity index (χ0v) is 18.7. The van der Waals surface area contributed by atoms with Crippen molar-refractivity contribution in [2.24, 2.45) is 4.99 Å². The van der Waals surface area contributed by atoms with Crippen molar-refractivity contribution in [1.82, 2.24) is 15.3 Å². The van der Waals surface area contributed by atoms with Gasteiger partial charge in [-0.3, -0.25) is 4.99 Å². The maximum Gasteiger partial charge on any atom is 0.197 e. The number of aliphatic imine (C=N–C) groups is 1. The first-order valence-corrected chi connectivity index (χ1v) is 11.3. The first kappa shape index (κ1) is 22.0. The molecule has 3 heterocycles. The molecule has 1 aliphatic rings. The molecule has 0 aliphatic carbocycles. The van der Waals surface area contributed by atoms with Gasteiger partial charge in [-0.25, -0.2) is 9.97 Å². The summed E-state index contributed by atoms with van der Waals surface area (Å²) >= 11 is 3.17. The third-order valence-electron chi connectivity index (χ3n) is 3.39. The molecule has 0 fully saturated rings. The summed E-state index contributed by atoms with van der Waals surface area (Å²) in [5, 5.41) is 12.3. The Labute approximate surface area is 176 Å². The molecule has 2 aromatic rings. The summed E-state index contributed by atoms with van der Waals surface area (Å²) in [6, 6.07) is 0. The highest BCUT2D eigenvalue weighted by atomic mass is 32.1. The van der Waals surface area contributed by atoms with E-state index in [0.29, 0.717) is 0 Å². The van der Waals surface area contributed by atoms with Crippen LogP contribution in [0.3, 0.4) is 0 Å². The molecule has 2 N–H and O–H groups in total. The minimum atomic E-state index is 0.797. The Morgan fingerprint density at radius 1 is 1.25 bits per heavy atom. The minimum absolute atomic E-state index is 0.797. The van der Waals surface area contributed by atoms with E-state index in [9.17, 15) is 0 Å². The maximum absolute atomic E-state index is 4.74. The van der Waals surface area contributed by atoms with E-state index in [0.717, 1.165) is 58.1 Å². The Hall–Kier alpha value is -2.25. The highest BCUT2D eigenvalue weighted by Crippen LogP contribution is 2.29. The number of nitrogens with zero attached hydrogens (tertiary/aromatic N) is 3. The van der Waals surface area contributed by atoms with Crippen molar-refractivity contribution in [3.8, 4) is 11.4 Å². The van der Waals surface area contributed by atoms with Crippen LogP contribution < -0.4 is 10.6 Å². The third kappa shape index (κ3) is 6.73. The molecule has 0 saturated carbocycles. The van der Waals surface area contributed by atoms with Gasteiger partial charge in [0.15, 0.2) is 11.1 Å². The molecule has 1 aliphatic heterocycles. The van der Waals surface area contributed by atoms with Crippen molar-refractivity contribution in [2.45, 2.75) is 40.5 Å². The average molecular weight is 416 g/mol. The highest BCUT2D eigenvalue weighted by molar-refractivity contribution is 7.14. The topological polar surface area (TPSA) is 62.2 Å². The fourth-order valence-corrected chi connectivity index (χ4v) is 3.83. The van der Waals surface area contributed by atoms with E-state index >= 15 is 0 Å². The smallest absolute Gasteiger partial charge is 0.197 e. The number of hydrogen-bond donors (Lipinski definition) is 2. The van der Waals surface area contributed by atoms with Gasteiger partial charge in [-0.05, 0) is 26.3 Å². The molecule has 28 heavy (non-hydrogen) atoms. The summed E-state index contributed by atoms with van der Waals surface area (Å²) in [6.07, 6.45) is 8.43. The van der Waals surface area contributed by atoms with Crippen molar-refractivity contribution < 1.29 is 0 Å². The molecular weight excluding hydrogens is 386 g/mol. The lowest BCUT2D eigenvalue weighted by Gasteiger charge is -2.13. The van der Waals surface area contributed by atoms with Gasteiger partial charge in [-0.1, -0.05) is 44.6 Å². The SMILES string of the molecule is C=C(C)/C=C(\C=C/C)c1nc(-c2csc(NC3=NCCCN3)n2)cs1.CCC. The van der Waals surface area contributed by atoms with E-state index in [2.05, 4.69) is 47.1 Å². The highest BCUT2D eigenvalue weighted by Gasteiger charge is 2.12. The first-order chi connectivity index (χ1) is 13.6. The molecule has 2 aromatic heterocycles. The van der Waals surface area contributed by atoms with Crippen LogP contribution in [-0.2, 0) is 0 Å². The maximum atomic E-state index is 4.74. The number of guanidine groups is 1. The quantitative estimate of drug-likeness (QED) is 0.590. The van der Waals surface area contributed by atoms with Crippen molar-refractivity contribution in [3.63, 3.8) is 0 Å². The molecule has 0 spiro atoms. The number of nitrogens with one attached hydrogen (secondary N) is 2. The second-order valence-electron chi connectivity index (χ2n) is 6.36. The Balaban J connectivity index is 0.000000878. The van der Waals surface area contributed by atoms with E-state index < -0.39 is 0 Å². The van der Waals surface area contributed by atoms with Gasteiger partial charge in [-0.2, -0.15) is 0 Å². The zero-order chi connectivity index (χ0) is 20.4. The molecule has 0 bridgehead atoms. The second kappa shape index (κ2) is 11.6. The number of hydrogen-bond acceptors (Lipinski definition) is 7. The normalized spacial score (nSPS) is 14.1. The van der Waals surface area contributed by atoms with Gasteiger partial charge in [0, 0.05) is 29.4 Å². The van der Waals surface area contributed by atoms with E-state index in [1.165, 1.54) is 6.42 Å². The summed E-state index contributed by atoms with van der Waals surface area (Å²) in [4.78, 5) is 13.8. The number of allylic oxidation sites excluding steroid dienone is 5. The summed E-state index contributed by atoms with van der Waals surface area (Å²) in [7, 11) is 0. The lowest BCUT2D eigenvalue weighted by molar-refractivity contribution is 0.740. The van der Waals surface area contributed by atoms with Gasteiger partial charge in [0.2, 0.25) is 0 Å². The van der Waals surface area contributed by atoms with E-state index in [4.69, 9.17) is 4.98 Å². The number of thiazole rings is 2. The number of anilines is 1. The Morgan fingerprint density at radius 2 is 1.96 bits per heavy atom. The van der Waals surface area contributed by atoms with Crippen LogP contribution in [0.2, 0.25) is 0 Å². The van der Waals surface area contributed by atoms with E-state index in [1.807, 2.05) is 36.8 Å². The lowest BCUT2D eigenvalue weighted by Crippen LogP contribution is -2.35.